The van der Waals surface area contributed by atoms with E-state index in [-0.39, 0.29) is 0 Å². The molecule has 0 bridgehead atoms. The second-order valence-electron chi connectivity index (χ2n) is 6.17. The summed E-state index contributed by atoms with van der Waals surface area (Å²) in [4.78, 5) is 9.62. The number of allylic oxidation sites excluding steroid dienone is 4. The molecule has 0 amide bonds. The number of rotatable bonds is 3. The summed E-state index contributed by atoms with van der Waals surface area (Å²) in [6.45, 7) is 4.00. The van der Waals surface area contributed by atoms with Crippen LogP contribution in [0.4, 0.5) is 0 Å². The number of fused-ring (bicyclic) bond motifs is 1. The number of hydrogen-bond donors (Lipinski definition) is 0. The molecule has 2 heterocycles. The predicted octanol–water partition coefficient (Wildman–Crippen LogP) is 4.16. The lowest BCUT2D eigenvalue weighted by Gasteiger charge is -2.11. The predicted molar refractivity (Wildman–Crippen MR) is 141 cm³/mol. The van der Waals surface area contributed by atoms with Gasteiger partial charge in [-0.2, -0.15) is 11.8 Å². The van der Waals surface area contributed by atoms with Crippen molar-refractivity contribution in [1.29, 1.82) is 0 Å². The van der Waals surface area contributed by atoms with Crippen LogP contribution in [0.15, 0.2) is 60.7 Å². The first kappa shape index (κ1) is 22.4. The van der Waals surface area contributed by atoms with Gasteiger partial charge in [0.2, 0.25) is 5.78 Å². The summed E-state index contributed by atoms with van der Waals surface area (Å²) in [6.07, 6.45) is 13.0. The van der Waals surface area contributed by atoms with Gasteiger partial charge in [-0.1, -0.05) is 93.0 Å². The molecule has 1 aliphatic carbocycles. The van der Waals surface area contributed by atoms with E-state index in [9.17, 15) is 0 Å². The zero-order valence-electron chi connectivity index (χ0n) is 16.8. The Bertz CT molecular complexity index is 1100. The number of hydrogen-bond acceptors (Lipinski definition) is 3. The molecule has 4 atom stereocenters. The molecule has 4 rings (SSSR count). The van der Waals surface area contributed by atoms with E-state index in [1.54, 1.807) is 0 Å². The molecule has 7 heteroatoms. The fraction of sp³-hybridized carbons (Fsp3) is 0.182. The summed E-state index contributed by atoms with van der Waals surface area (Å²) < 4.78 is 2.13. The van der Waals surface area contributed by atoms with Crippen LogP contribution in [0, 0.1) is 0 Å². The van der Waals surface area contributed by atoms with E-state index in [1.807, 2.05) is 31.7 Å². The van der Waals surface area contributed by atoms with Crippen LogP contribution in [0.3, 0.4) is 0 Å². The lowest BCUT2D eigenvalue weighted by atomic mass is 10.0. The van der Waals surface area contributed by atoms with Crippen molar-refractivity contribution in [3.8, 4) is 11.3 Å². The van der Waals surface area contributed by atoms with Crippen LogP contribution in [-0.2, 0) is 0 Å². The Morgan fingerprint density at radius 2 is 1.72 bits per heavy atom. The number of thioether (sulfide) groups is 1. The minimum Gasteiger partial charge on any atom is -0.276 e. The van der Waals surface area contributed by atoms with Crippen molar-refractivity contribution in [3.05, 3.63) is 66.4 Å². The summed E-state index contributed by atoms with van der Waals surface area (Å²) in [5, 5.41) is 1.43. The number of imidazole rings is 1. The highest BCUT2D eigenvalue weighted by molar-refractivity contribution is 7.99. The molecule has 0 saturated heterocycles. The Balaban J connectivity index is 0.00000117. The van der Waals surface area contributed by atoms with Crippen LogP contribution < -0.4 is 16.2 Å². The van der Waals surface area contributed by atoms with Crippen LogP contribution in [0.2, 0.25) is 0 Å². The van der Waals surface area contributed by atoms with E-state index in [4.69, 9.17) is 9.97 Å². The van der Waals surface area contributed by atoms with E-state index in [1.165, 1.54) is 0 Å². The van der Waals surface area contributed by atoms with Crippen LogP contribution >= 0.6 is 39.5 Å². The van der Waals surface area contributed by atoms with Crippen molar-refractivity contribution in [2.45, 2.75) is 19.1 Å². The first-order valence-electron chi connectivity index (χ1n) is 9.48. The van der Waals surface area contributed by atoms with E-state index < -0.39 is 0 Å². The van der Waals surface area contributed by atoms with Crippen molar-refractivity contribution >= 4 is 67.0 Å². The Morgan fingerprint density at radius 3 is 2.41 bits per heavy atom. The lowest BCUT2D eigenvalue weighted by molar-refractivity contribution is 1.18. The lowest BCUT2D eigenvalue weighted by Crippen LogP contribution is -2.32. The van der Waals surface area contributed by atoms with Gasteiger partial charge in [-0.25, -0.2) is 9.97 Å². The Labute approximate surface area is 184 Å². The molecule has 0 radical (unpaired) electrons. The van der Waals surface area contributed by atoms with E-state index in [0.29, 0.717) is 11.0 Å². The minimum absolute atomic E-state index is 0.378. The van der Waals surface area contributed by atoms with Gasteiger partial charge in [-0.05, 0) is 6.26 Å². The largest absolute Gasteiger partial charge is 0.276 e. The summed E-state index contributed by atoms with van der Waals surface area (Å²) >= 11 is 1.81. The molecule has 150 valence electrons. The van der Waals surface area contributed by atoms with Gasteiger partial charge in [0.15, 0.2) is 0 Å². The highest BCUT2D eigenvalue weighted by Gasteiger charge is 2.20. The van der Waals surface area contributed by atoms with Crippen molar-refractivity contribution in [1.82, 2.24) is 14.4 Å². The highest BCUT2D eigenvalue weighted by Crippen LogP contribution is 2.31. The molecular formula is C22H26N3P3S. The first-order valence-corrected chi connectivity index (χ1v) is 12.5. The maximum absolute atomic E-state index is 4.92. The van der Waals surface area contributed by atoms with Gasteiger partial charge in [0.1, 0.15) is 0 Å². The standard InChI is InChI=1S/C20H20N3P3S.C2H6/c1-27-14-9-5-8-12(10-11-14)15-16(13-6-3-2-4-7-13)23-19(26)17(24)18(25)22-20(23)21-15;1-2/h2-11,14H,24-26H2,1H3;1-2H3. The summed E-state index contributed by atoms with van der Waals surface area (Å²) in [5.41, 5.74) is 6.15. The molecule has 1 aromatic carbocycles. The van der Waals surface area contributed by atoms with Gasteiger partial charge >= 0.3 is 0 Å². The van der Waals surface area contributed by atoms with Crippen LogP contribution in [0.1, 0.15) is 19.5 Å². The summed E-state index contributed by atoms with van der Waals surface area (Å²) in [6, 6.07) is 10.4. The quantitative estimate of drug-likeness (QED) is 0.554. The molecular weight excluding hydrogens is 431 g/mol. The number of benzene rings is 1. The molecule has 1 aliphatic rings. The molecule has 0 saturated carbocycles. The second kappa shape index (κ2) is 10.1. The fourth-order valence-electron chi connectivity index (χ4n) is 3.10. The molecule has 0 spiro atoms. The minimum atomic E-state index is 0.378. The third-order valence-electron chi connectivity index (χ3n) is 4.51. The van der Waals surface area contributed by atoms with Gasteiger partial charge in [-0.3, -0.25) is 4.40 Å². The second-order valence-corrected chi connectivity index (χ2v) is 8.86. The van der Waals surface area contributed by atoms with E-state index in [0.717, 1.165) is 38.7 Å². The smallest absolute Gasteiger partial charge is 0.235 e. The summed E-state index contributed by atoms with van der Waals surface area (Å²) in [7, 11) is 8.31. The van der Waals surface area contributed by atoms with E-state index >= 15 is 0 Å². The SMILES string of the molecule is CC.CSC1C=CC=C(c2nc3nc(P)c(P)c(P)n3c2-c2ccccc2)C=C1. The highest BCUT2D eigenvalue weighted by atomic mass is 32.2. The third kappa shape index (κ3) is 4.57. The number of nitrogens with zero attached hydrogens (tertiary/aromatic N) is 3. The number of aromatic nitrogens is 3. The van der Waals surface area contributed by atoms with Gasteiger partial charge in [-0.15, -0.1) is 9.24 Å². The molecule has 4 unspecified atom stereocenters. The van der Waals surface area contributed by atoms with Gasteiger partial charge in [0.25, 0.3) is 0 Å². The molecule has 3 nitrogen and oxygen atoms in total. The van der Waals surface area contributed by atoms with Crippen LogP contribution in [0.5, 0.6) is 0 Å². The van der Waals surface area contributed by atoms with Crippen molar-refractivity contribution < 1.29 is 0 Å². The van der Waals surface area contributed by atoms with Gasteiger partial charge < -0.3 is 0 Å². The zero-order valence-corrected chi connectivity index (χ0v) is 21.1. The topological polar surface area (TPSA) is 30.2 Å². The monoisotopic (exact) mass is 457 g/mol. The van der Waals surface area contributed by atoms with Crippen molar-refractivity contribution in [2.75, 3.05) is 6.26 Å². The Kier molecular flexibility index (Phi) is 7.83. The average Bonchev–Trinajstić information content (AvgIpc) is 2.97. The summed E-state index contributed by atoms with van der Waals surface area (Å²) in [5.74, 6) is 0.703. The Hall–Kier alpha value is -1.30. The maximum Gasteiger partial charge on any atom is 0.235 e. The molecule has 29 heavy (non-hydrogen) atoms. The normalized spacial score (nSPS) is 15.7. The fourth-order valence-corrected chi connectivity index (χ4v) is 4.60. The van der Waals surface area contributed by atoms with Gasteiger partial charge in [0.05, 0.1) is 22.3 Å². The third-order valence-corrected chi connectivity index (χ3v) is 7.63. The Morgan fingerprint density at radius 1 is 1.00 bits per heavy atom. The molecule has 3 aromatic rings. The molecule has 0 fully saturated rings. The molecule has 0 aliphatic heterocycles. The first-order chi connectivity index (χ1) is 14.1. The van der Waals surface area contributed by atoms with Crippen LogP contribution in [0.25, 0.3) is 22.6 Å². The van der Waals surface area contributed by atoms with Crippen molar-refractivity contribution in [2.24, 2.45) is 0 Å². The van der Waals surface area contributed by atoms with Gasteiger partial charge in [0, 0.05) is 21.7 Å². The maximum atomic E-state index is 4.92. The van der Waals surface area contributed by atoms with Crippen LogP contribution in [-0.4, -0.2) is 25.9 Å². The van der Waals surface area contributed by atoms with Crippen molar-refractivity contribution in [3.63, 3.8) is 0 Å². The van der Waals surface area contributed by atoms with E-state index in [2.05, 4.69) is 93.0 Å². The molecule has 0 N–H and O–H groups in total. The average molecular weight is 457 g/mol. The molecule has 2 aromatic heterocycles. The zero-order chi connectivity index (χ0) is 21.0.